The van der Waals surface area contributed by atoms with Gasteiger partial charge in [-0.05, 0) is 68.4 Å². The van der Waals surface area contributed by atoms with Gasteiger partial charge in [0.05, 0.1) is 5.69 Å². The number of aryl methyl sites for hydroxylation is 3. The molecule has 0 radical (unpaired) electrons. The first-order chi connectivity index (χ1) is 18.4. The van der Waals surface area contributed by atoms with Gasteiger partial charge in [-0.25, -0.2) is 4.31 Å². The van der Waals surface area contributed by atoms with Crippen LogP contribution in [0, 0.1) is 20.8 Å². The molecular weight excluding hydrogens is 512 g/mol. The molecule has 1 atom stereocenters. The molecular formula is C30H44N4O4S. The minimum atomic E-state index is -4.00. The average Bonchev–Trinajstić information content (AvgIpc) is 2.90. The first-order valence-corrected chi connectivity index (χ1v) is 15.3. The monoisotopic (exact) mass is 556 g/mol. The molecule has 0 heterocycles. The summed E-state index contributed by atoms with van der Waals surface area (Å²) in [5, 5.41) is 3.18. The molecule has 0 spiro atoms. The van der Waals surface area contributed by atoms with Crippen molar-refractivity contribution in [2.45, 2.75) is 84.8 Å². The van der Waals surface area contributed by atoms with Crippen LogP contribution in [-0.4, -0.2) is 62.2 Å². The van der Waals surface area contributed by atoms with E-state index >= 15 is 0 Å². The molecule has 214 valence electrons. The SMILES string of the molecule is CCC(C(=O)NC1CCCCC1)N(Cc1ccccc1C)C(=O)CN(c1cc(C)ccc1C)S(=O)(=O)N(C)C. The molecule has 2 aromatic rings. The van der Waals surface area contributed by atoms with E-state index in [1.165, 1.54) is 20.5 Å². The number of benzene rings is 2. The summed E-state index contributed by atoms with van der Waals surface area (Å²) < 4.78 is 29.3. The summed E-state index contributed by atoms with van der Waals surface area (Å²) in [6.45, 7) is 7.38. The Balaban J connectivity index is 2.00. The predicted octanol–water partition coefficient (Wildman–Crippen LogP) is 4.48. The van der Waals surface area contributed by atoms with E-state index < -0.39 is 28.7 Å². The molecule has 0 aliphatic heterocycles. The number of nitrogens with one attached hydrogen (secondary N) is 1. The van der Waals surface area contributed by atoms with Crippen molar-refractivity contribution < 1.29 is 18.0 Å². The van der Waals surface area contributed by atoms with Gasteiger partial charge in [0.15, 0.2) is 0 Å². The zero-order chi connectivity index (χ0) is 28.7. The van der Waals surface area contributed by atoms with Gasteiger partial charge < -0.3 is 10.2 Å². The summed E-state index contributed by atoms with van der Waals surface area (Å²) in [6, 6.07) is 12.7. The number of hydrogen-bond acceptors (Lipinski definition) is 4. The van der Waals surface area contributed by atoms with Crippen LogP contribution in [0.15, 0.2) is 42.5 Å². The molecule has 1 N–H and O–H groups in total. The lowest BCUT2D eigenvalue weighted by atomic mass is 9.95. The van der Waals surface area contributed by atoms with E-state index in [2.05, 4.69) is 5.32 Å². The van der Waals surface area contributed by atoms with Crippen molar-refractivity contribution in [1.82, 2.24) is 14.5 Å². The minimum absolute atomic E-state index is 0.108. The molecule has 9 heteroatoms. The second-order valence-corrected chi connectivity index (χ2v) is 12.9. The first-order valence-electron chi connectivity index (χ1n) is 13.9. The fraction of sp³-hybridized carbons (Fsp3) is 0.533. The van der Waals surface area contributed by atoms with Crippen molar-refractivity contribution >= 4 is 27.7 Å². The molecule has 1 unspecified atom stereocenters. The molecule has 1 aliphatic carbocycles. The van der Waals surface area contributed by atoms with Crippen molar-refractivity contribution in [1.29, 1.82) is 0 Å². The van der Waals surface area contributed by atoms with Crippen LogP contribution in [0.1, 0.15) is 67.7 Å². The number of rotatable bonds is 11. The van der Waals surface area contributed by atoms with Gasteiger partial charge in [0.2, 0.25) is 11.8 Å². The minimum Gasteiger partial charge on any atom is -0.352 e. The molecule has 1 saturated carbocycles. The first kappa shape index (κ1) is 30.6. The average molecular weight is 557 g/mol. The fourth-order valence-corrected chi connectivity index (χ4v) is 6.24. The third-order valence-corrected chi connectivity index (χ3v) is 9.40. The lowest BCUT2D eigenvalue weighted by Crippen LogP contribution is -2.54. The van der Waals surface area contributed by atoms with Crippen molar-refractivity contribution in [3.8, 4) is 0 Å². The highest BCUT2D eigenvalue weighted by atomic mass is 32.2. The topological polar surface area (TPSA) is 90.0 Å². The number of nitrogens with zero attached hydrogens (tertiary/aromatic N) is 3. The number of amides is 2. The third-order valence-electron chi connectivity index (χ3n) is 7.59. The van der Waals surface area contributed by atoms with Crippen LogP contribution in [-0.2, 0) is 26.3 Å². The van der Waals surface area contributed by atoms with Gasteiger partial charge in [0.25, 0.3) is 0 Å². The third kappa shape index (κ3) is 7.60. The highest BCUT2D eigenvalue weighted by Crippen LogP contribution is 2.26. The maximum atomic E-state index is 14.1. The van der Waals surface area contributed by atoms with E-state index in [1.54, 1.807) is 11.0 Å². The number of carbonyl (C=O) groups excluding carboxylic acids is 2. The van der Waals surface area contributed by atoms with Crippen LogP contribution >= 0.6 is 0 Å². The lowest BCUT2D eigenvalue weighted by molar-refractivity contribution is -0.140. The summed E-state index contributed by atoms with van der Waals surface area (Å²) in [4.78, 5) is 29.3. The van der Waals surface area contributed by atoms with Crippen LogP contribution in [0.2, 0.25) is 0 Å². The Morgan fingerprint density at radius 1 is 0.974 bits per heavy atom. The van der Waals surface area contributed by atoms with E-state index in [0.717, 1.165) is 56.5 Å². The van der Waals surface area contributed by atoms with Crippen LogP contribution in [0.5, 0.6) is 0 Å². The zero-order valence-corrected chi connectivity index (χ0v) is 25.1. The van der Waals surface area contributed by atoms with Crippen molar-refractivity contribution in [2.75, 3.05) is 24.9 Å². The maximum Gasteiger partial charge on any atom is 0.304 e. The van der Waals surface area contributed by atoms with Gasteiger partial charge >= 0.3 is 10.2 Å². The van der Waals surface area contributed by atoms with Gasteiger partial charge in [-0.1, -0.05) is 62.6 Å². The molecule has 1 aliphatic rings. The molecule has 1 fully saturated rings. The maximum absolute atomic E-state index is 14.1. The Morgan fingerprint density at radius 3 is 2.26 bits per heavy atom. The van der Waals surface area contributed by atoms with Crippen LogP contribution in [0.4, 0.5) is 5.69 Å². The lowest BCUT2D eigenvalue weighted by Gasteiger charge is -2.35. The number of hydrogen-bond donors (Lipinski definition) is 1. The molecule has 8 nitrogen and oxygen atoms in total. The summed E-state index contributed by atoms with van der Waals surface area (Å²) >= 11 is 0. The molecule has 3 rings (SSSR count). The highest BCUT2D eigenvalue weighted by Gasteiger charge is 2.35. The van der Waals surface area contributed by atoms with Gasteiger partial charge in [-0.3, -0.25) is 9.59 Å². The largest absolute Gasteiger partial charge is 0.352 e. The quantitative estimate of drug-likeness (QED) is 0.442. The van der Waals surface area contributed by atoms with Crippen LogP contribution in [0.3, 0.4) is 0 Å². The predicted molar refractivity (Wildman–Crippen MR) is 157 cm³/mol. The van der Waals surface area contributed by atoms with Gasteiger partial charge in [0.1, 0.15) is 12.6 Å². The van der Waals surface area contributed by atoms with Gasteiger partial charge in [-0.15, -0.1) is 0 Å². The Kier molecular flexibility index (Phi) is 10.6. The molecule has 0 saturated heterocycles. The molecule has 0 aromatic heterocycles. The zero-order valence-electron chi connectivity index (χ0n) is 24.2. The molecule has 2 amide bonds. The summed E-state index contributed by atoms with van der Waals surface area (Å²) in [5.74, 6) is -0.602. The Morgan fingerprint density at radius 2 is 1.64 bits per heavy atom. The van der Waals surface area contributed by atoms with Crippen LogP contribution in [0.25, 0.3) is 0 Å². The normalized spacial score (nSPS) is 15.2. The Labute approximate surface area is 234 Å². The second kappa shape index (κ2) is 13.4. The standard InChI is InChI=1S/C30H44N4O4S/c1-7-27(30(36)31-26-15-9-8-10-16-26)33(20-25-14-12-11-13-23(25)3)29(35)21-34(39(37,38)32(5)6)28-19-22(2)17-18-24(28)4/h11-14,17-19,26-27H,7-10,15-16,20-21H2,1-6H3,(H,31,36). The molecule has 0 bridgehead atoms. The smallest absolute Gasteiger partial charge is 0.304 e. The number of carbonyl (C=O) groups is 2. The molecule has 2 aromatic carbocycles. The Bertz CT molecular complexity index is 1260. The van der Waals surface area contributed by atoms with Gasteiger partial charge in [-0.2, -0.15) is 12.7 Å². The second-order valence-electron chi connectivity index (χ2n) is 10.8. The van der Waals surface area contributed by atoms with E-state index in [-0.39, 0.29) is 18.5 Å². The van der Waals surface area contributed by atoms with E-state index in [0.29, 0.717) is 12.1 Å². The van der Waals surface area contributed by atoms with E-state index in [9.17, 15) is 18.0 Å². The molecule has 39 heavy (non-hydrogen) atoms. The number of anilines is 1. The summed E-state index contributed by atoms with van der Waals surface area (Å²) in [5.41, 5.74) is 4.00. The van der Waals surface area contributed by atoms with E-state index in [1.807, 2.05) is 64.1 Å². The summed E-state index contributed by atoms with van der Waals surface area (Å²) in [6.07, 6.45) is 5.64. The Hall–Kier alpha value is -2.91. The van der Waals surface area contributed by atoms with Crippen molar-refractivity contribution in [3.63, 3.8) is 0 Å². The fourth-order valence-electron chi connectivity index (χ4n) is 5.12. The highest BCUT2D eigenvalue weighted by molar-refractivity contribution is 7.90. The van der Waals surface area contributed by atoms with Crippen molar-refractivity contribution in [2.24, 2.45) is 0 Å². The van der Waals surface area contributed by atoms with Crippen LogP contribution < -0.4 is 9.62 Å². The summed E-state index contributed by atoms with van der Waals surface area (Å²) in [7, 11) is -1.09. The van der Waals surface area contributed by atoms with Gasteiger partial charge in [0, 0.05) is 26.7 Å². The van der Waals surface area contributed by atoms with Crippen molar-refractivity contribution in [3.05, 3.63) is 64.7 Å². The van der Waals surface area contributed by atoms with E-state index in [4.69, 9.17) is 0 Å².